The van der Waals surface area contributed by atoms with Crippen LogP contribution in [0.15, 0.2) is 57.5 Å². The summed E-state index contributed by atoms with van der Waals surface area (Å²) in [6.07, 6.45) is 4.77. The average Bonchev–Trinajstić information content (AvgIpc) is 3.52. The zero-order chi connectivity index (χ0) is 22.1. The molecule has 0 amide bonds. The SMILES string of the molecule is Nc1ncc(-c2ccc(S(=O)(=O)C3CCCNC3)cc2)nc1-c1cc(-c2nccs2)no1. The molecule has 1 aliphatic rings. The maximum Gasteiger partial charge on any atom is 0.189 e. The number of nitrogen functional groups attached to an aromatic ring is 1. The molecule has 3 aromatic heterocycles. The lowest BCUT2D eigenvalue weighted by atomic mass is 10.1. The second-order valence-corrected chi connectivity index (χ2v) is 10.6. The second-order valence-electron chi connectivity index (χ2n) is 7.44. The summed E-state index contributed by atoms with van der Waals surface area (Å²) in [6.45, 7) is 1.34. The molecule has 1 aliphatic heterocycles. The molecule has 1 saturated heterocycles. The first-order chi connectivity index (χ1) is 15.5. The Morgan fingerprint density at radius 1 is 1.16 bits per heavy atom. The monoisotopic (exact) mass is 468 g/mol. The van der Waals surface area contributed by atoms with Crippen LogP contribution in [0.4, 0.5) is 5.82 Å². The van der Waals surface area contributed by atoms with Crippen LogP contribution >= 0.6 is 11.3 Å². The van der Waals surface area contributed by atoms with Gasteiger partial charge in [-0.1, -0.05) is 17.3 Å². The first-order valence-corrected chi connectivity index (χ1v) is 12.5. The normalized spacial score (nSPS) is 16.8. The van der Waals surface area contributed by atoms with Crippen molar-refractivity contribution in [1.82, 2.24) is 25.4 Å². The maximum atomic E-state index is 12.9. The predicted octanol–water partition coefficient (Wildman–Crippen LogP) is 3.03. The highest BCUT2D eigenvalue weighted by Crippen LogP contribution is 2.31. The van der Waals surface area contributed by atoms with Gasteiger partial charge >= 0.3 is 0 Å². The molecule has 0 saturated carbocycles. The minimum Gasteiger partial charge on any atom is -0.382 e. The number of piperidine rings is 1. The molecule has 0 bridgehead atoms. The van der Waals surface area contributed by atoms with E-state index >= 15 is 0 Å². The number of hydrogen-bond donors (Lipinski definition) is 2. The Balaban J connectivity index is 1.43. The van der Waals surface area contributed by atoms with Crippen LogP contribution in [-0.4, -0.2) is 46.9 Å². The van der Waals surface area contributed by atoms with Crippen molar-refractivity contribution in [2.45, 2.75) is 23.0 Å². The van der Waals surface area contributed by atoms with Crippen molar-refractivity contribution in [2.75, 3.05) is 18.8 Å². The quantitative estimate of drug-likeness (QED) is 0.453. The molecule has 5 rings (SSSR count). The van der Waals surface area contributed by atoms with Crippen molar-refractivity contribution in [2.24, 2.45) is 0 Å². The van der Waals surface area contributed by atoms with Crippen LogP contribution in [0.5, 0.6) is 0 Å². The summed E-state index contributed by atoms with van der Waals surface area (Å²) < 4.78 is 31.2. The standard InChI is InChI=1S/C21H20N6O3S2/c22-20-19(18-10-16(27-30-18)21-24-8-9-31-21)26-17(12-25-20)13-3-5-14(6-4-13)32(28,29)15-2-1-7-23-11-15/h3-6,8-10,12,15,23H,1-2,7,11H2,(H2,22,25). The third kappa shape index (κ3) is 3.90. The van der Waals surface area contributed by atoms with Gasteiger partial charge in [-0.3, -0.25) is 0 Å². The molecule has 32 heavy (non-hydrogen) atoms. The lowest BCUT2D eigenvalue weighted by Gasteiger charge is -2.22. The lowest BCUT2D eigenvalue weighted by Crippen LogP contribution is -2.38. The molecule has 9 nitrogen and oxygen atoms in total. The van der Waals surface area contributed by atoms with Crippen LogP contribution in [0, 0.1) is 0 Å². The van der Waals surface area contributed by atoms with E-state index in [1.165, 1.54) is 11.3 Å². The molecular formula is C21H20N6O3S2. The Morgan fingerprint density at radius 3 is 2.72 bits per heavy atom. The van der Waals surface area contributed by atoms with Gasteiger partial charge in [0.1, 0.15) is 10.7 Å². The van der Waals surface area contributed by atoms with Crippen LogP contribution in [-0.2, 0) is 9.84 Å². The van der Waals surface area contributed by atoms with Crippen molar-refractivity contribution in [3.05, 3.63) is 48.1 Å². The van der Waals surface area contributed by atoms with Crippen LogP contribution in [0.2, 0.25) is 0 Å². The van der Waals surface area contributed by atoms with Crippen molar-refractivity contribution in [3.63, 3.8) is 0 Å². The Labute approximate surface area is 188 Å². The highest BCUT2D eigenvalue weighted by molar-refractivity contribution is 7.92. The largest absolute Gasteiger partial charge is 0.382 e. The van der Waals surface area contributed by atoms with Crippen LogP contribution in [0.25, 0.3) is 33.4 Å². The van der Waals surface area contributed by atoms with Gasteiger partial charge in [0.25, 0.3) is 0 Å². The molecule has 1 fully saturated rings. The highest BCUT2D eigenvalue weighted by Gasteiger charge is 2.28. The summed E-state index contributed by atoms with van der Waals surface area (Å²) in [5.41, 5.74) is 8.25. The van der Waals surface area contributed by atoms with Crippen molar-refractivity contribution >= 4 is 27.0 Å². The van der Waals surface area contributed by atoms with E-state index in [-0.39, 0.29) is 5.82 Å². The summed E-state index contributed by atoms with van der Waals surface area (Å²) in [4.78, 5) is 13.4. The van der Waals surface area contributed by atoms with Crippen molar-refractivity contribution < 1.29 is 12.9 Å². The number of nitrogens with one attached hydrogen (secondary N) is 1. The molecule has 0 spiro atoms. The molecule has 11 heteroatoms. The van der Waals surface area contributed by atoms with Gasteiger partial charge in [-0.15, -0.1) is 11.3 Å². The number of sulfone groups is 1. The second kappa shape index (κ2) is 8.41. The lowest BCUT2D eigenvalue weighted by molar-refractivity contribution is 0.433. The molecule has 0 radical (unpaired) electrons. The number of nitrogens with zero attached hydrogens (tertiary/aromatic N) is 4. The van der Waals surface area contributed by atoms with Gasteiger partial charge in [-0.05, 0) is 31.5 Å². The zero-order valence-electron chi connectivity index (χ0n) is 16.9. The van der Waals surface area contributed by atoms with E-state index in [1.807, 2.05) is 5.38 Å². The molecule has 1 aromatic carbocycles. The van der Waals surface area contributed by atoms with Gasteiger partial charge in [-0.2, -0.15) is 0 Å². The van der Waals surface area contributed by atoms with E-state index in [2.05, 4.69) is 25.4 Å². The Bertz CT molecular complexity index is 1330. The van der Waals surface area contributed by atoms with Crippen molar-refractivity contribution in [1.29, 1.82) is 0 Å². The first-order valence-electron chi connectivity index (χ1n) is 10.1. The van der Waals surface area contributed by atoms with Gasteiger partial charge in [0.05, 0.1) is 22.0 Å². The van der Waals surface area contributed by atoms with Crippen LogP contribution in [0.3, 0.4) is 0 Å². The molecule has 4 heterocycles. The molecule has 1 atom stereocenters. The zero-order valence-corrected chi connectivity index (χ0v) is 18.6. The number of hydrogen-bond acceptors (Lipinski definition) is 10. The van der Waals surface area contributed by atoms with E-state index in [1.54, 1.807) is 42.7 Å². The van der Waals surface area contributed by atoms with Gasteiger partial charge in [0.15, 0.2) is 27.1 Å². The topological polar surface area (TPSA) is 137 Å². The number of anilines is 1. The maximum absolute atomic E-state index is 12.9. The smallest absolute Gasteiger partial charge is 0.189 e. The Kier molecular flexibility index (Phi) is 5.45. The Hall–Kier alpha value is -3.15. The fourth-order valence-electron chi connectivity index (χ4n) is 3.65. The molecule has 0 aliphatic carbocycles. The summed E-state index contributed by atoms with van der Waals surface area (Å²) >= 11 is 1.45. The number of aromatic nitrogens is 4. The third-order valence-corrected chi connectivity index (χ3v) is 8.37. The van der Waals surface area contributed by atoms with Crippen molar-refractivity contribution in [3.8, 4) is 33.4 Å². The van der Waals surface area contributed by atoms with E-state index in [9.17, 15) is 8.42 Å². The van der Waals surface area contributed by atoms with Gasteiger partial charge < -0.3 is 15.6 Å². The summed E-state index contributed by atoms with van der Waals surface area (Å²) in [5.74, 6) is 0.589. The van der Waals surface area contributed by atoms with Gasteiger partial charge in [0.2, 0.25) is 0 Å². The molecule has 164 valence electrons. The van der Waals surface area contributed by atoms with E-state index in [0.717, 1.165) is 23.5 Å². The predicted molar refractivity (Wildman–Crippen MR) is 122 cm³/mol. The van der Waals surface area contributed by atoms with E-state index in [0.29, 0.717) is 40.7 Å². The molecular weight excluding hydrogens is 448 g/mol. The Morgan fingerprint density at radius 2 is 2.00 bits per heavy atom. The number of rotatable bonds is 5. The molecule has 4 aromatic rings. The minimum atomic E-state index is -3.38. The van der Waals surface area contributed by atoms with Crippen LogP contribution < -0.4 is 11.1 Å². The van der Waals surface area contributed by atoms with Gasteiger partial charge in [0, 0.05) is 29.8 Å². The van der Waals surface area contributed by atoms with Gasteiger partial charge in [-0.25, -0.2) is 23.4 Å². The molecule has 1 unspecified atom stereocenters. The highest BCUT2D eigenvalue weighted by atomic mass is 32.2. The third-order valence-electron chi connectivity index (χ3n) is 5.36. The van der Waals surface area contributed by atoms with Crippen LogP contribution in [0.1, 0.15) is 12.8 Å². The fourth-order valence-corrected chi connectivity index (χ4v) is 5.95. The number of nitrogens with two attached hydrogens (primary N) is 1. The summed E-state index contributed by atoms with van der Waals surface area (Å²) in [5, 5.41) is 9.38. The molecule has 3 N–H and O–H groups in total. The average molecular weight is 469 g/mol. The fraction of sp³-hybridized carbons (Fsp3) is 0.238. The first kappa shape index (κ1) is 20.7. The number of thiazole rings is 1. The minimum absolute atomic E-state index is 0.208. The van der Waals surface area contributed by atoms with E-state index < -0.39 is 15.1 Å². The summed E-state index contributed by atoms with van der Waals surface area (Å²) in [6, 6.07) is 8.41. The van der Waals surface area contributed by atoms with E-state index in [4.69, 9.17) is 10.3 Å². The summed E-state index contributed by atoms with van der Waals surface area (Å²) in [7, 11) is -3.38. The number of benzene rings is 1.